The summed E-state index contributed by atoms with van der Waals surface area (Å²) in [6.07, 6.45) is 1.98. The fourth-order valence-corrected chi connectivity index (χ4v) is 2.39. The molecule has 0 aliphatic rings. The molecule has 0 atom stereocenters. The van der Waals surface area contributed by atoms with Crippen LogP contribution in [0.5, 0.6) is 0 Å². The maximum Gasteiger partial charge on any atom is 0.302 e. The third-order valence-electron chi connectivity index (χ3n) is 3.74. The van der Waals surface area contributed by atoms with Crippen LogP contribution in [0.2, 0.25) is 0 Å². The monoisotopic (exact) mass is 327 g/mol. The molecule has 1 aromatic carbocycles. The van der Waals surface area contributed by atoms with E-state index in [1.54, 1.807) is 6.92 Å². The molecule has 1 rings (SSSR count). The molecule has 0 fully saturated rings. The van der Waals surface area contributed by atoms with Crippen LogP contribution in [0, 0.1) is 27.2 Å². The van der Waals surface area contributed by atoms with Gasteiger partial charge in [-0.3, -0.25) is 20.2 Å². The highest BCUT2D eigenvalue weighted by Crippen LogP contribution is 2.40. The SMILES string of the molecule is CCc1cc([N+](=O)[O-])c(NC(CC)CC)c([N+](=O)[O-])c1C.CO. The predicted octanol–water partition coefficient (Wildman–Crippen LogP) is 3.58. The van der Waals surface area contributed by atoms with Crippen molar-refractivity contribution >= 4 is 17.1 Å². The van der Waals surface area contributed by atoms with E-state index < -0.39 is 9.85 Å². The van der Waals surface area contributed by atoms with Gasteiger partial charge in [0.05, 0.1) is 9.85 Å². The number of hydrogen-bond acceptors (Lipinski definition) is 6. The van der Waals surface area contributed by atoms with Crippen molar-refractivity contribution in [1.29, 1.82) is 0 Å². The number of benzene rings is 1. The van der Waals surface area contributed by atoms with Gasteiger partial charge in [-0.25, -0.2) is 0 Å². The second kappa shape index (κ2) is 9.73. The molecule has 0 amide bonds. The number of aryl methyl sites for hydroxylation is 1. The summed E-state index contributed by atoms with van der Waals surface area (Å²) < 4.78 is 0. The summed E-state index contributed by atoms with van der Waals surface area (Å²) in [7, 11) is 1.00. The Kier molecular flexibility index (Phi) is 8.79. The maximum atomic E-state index is 11.4. The first-order chi connectivity index (χ1) is 10.9. The smallest absolute Gasteiger partial charge is 0.302 e. The largest absolute Gasteiger partial charge is 0.400 e. The summed E-state index contributed by atoms with van der Waals surface area (Å²) in [6, 6.07) is 1.40. The molecule has 0 bridgehead atoms. The molecular formula is C15H25N3O5. The molecule has 130 valence electrons. The lowest BCUT2D eigenvalue weighted by Crippen LogP contribution is -2.19. The number of nitrogens with zero attached hydrogens (tertiary/aromatic N) is 2. The highest BCUT2D eigenvalue weighted by atomic mass is 16.6. The molecule has 0 saturated carbocycles. The molecule has 1 aromatic rings. The Balaban J connectivity index is 0.00000232. The molecule has 8 nitrogen and oxygen atoms in total. The lowest BCUT2D eigenvalue weighted by Gasteiger charge is -2.18. The minimum atomic E-state index is -0.559. The van der Waals surface area contributed by atoms with E-state index in [4.69, 9.17) is 5.11 Å². The van der Waals surface area contributed by atoms with Crippen molar-refractivity contribution in [2.24, 2.45) is 0 Å². The minimum Gasteiger partial charge on any atom is -0.400 e. The summed E-state index contributed by atoms with van der Waals surface area (Å²) in [5.41, 5.74) is 0.724. The number of aliphatic hydroxyl groups is 1. The minimum absolute atomic E-state index is 0.0217. The van der Waals surface area contributed by atoms with Crippen LogP contribution in [0.25, 0.3) is 0 Å². The van der Waals surface area contributed by atoms with E-state index in [0.717, 1.165) is 20.0 Å². The molecular weight excluding hydrogens is 302 g/mol. The zero-order valence-corrected chi connectivity index (χ0v) is 14.3. The molecule has 0 radical (unpaired) electrons. The van der Waals surface area contributed by atoms with Crippen LogP contribution in [0.3, 0.4) is 0 Å². The van der Waals surface area contributed by atoms with E-state index in [1.165, 1.54) is 6.07 Å². The van der Waals surface area contributed by atoms with E-state index in [1.807, 2.05) is 20.8 Å². The lowest BCUT2D eigenvalue weighted by molar-refractivity contribution is -0.392. The van der Waals surface area contributed by atoms with Gasteiger partial charge in [0.1, 0.15) is 0 Å². The number of rotatable bonds is 7. The first-order valence-electron chi connectivity index (χ1n) is 7.53. The molecule has 0 unspecified atom stereocenters. The molecule has 0 saturated heterocycles. The maximum absolute atomic E-state index is 11.4. The van der Waals surface area contributed by atoms with Crippen molar-refractivity contribution in [2.45, 2.75) is 53.0 Å². The summed E-state index contributed by atoms with van der Waals surface area (Å²) in [5, 5.41) is 32.7. The van der Waals surface area contributed by atoms with Crippen molar-refractivity contribution < 1.29 is 15.0 Å². The zero-order chi connectivity index (χ0) is 18.2. The highest BCUT2D eigenvalue weighted by Gasteiger charge is 2.30. The van der Waals surface area contributed by atoms with Gasteiger partial charge in [0.2, 0.25) is 0 Å². The predicted molar refractivity (Wildman–Crippen MR) is 90.0 cm³/mol. The Morgan fingerprint density at radius 3 is 2.00 bits per heavy atom. The first-order valence-corrected chi connectivity index (χ1v) is 7.53. The van der Waals surface area contributed by atoms with E-state index in [2.05, 4.69) is 5.32 Å². The second-order valence-corrected chi connectivity index (χ2v) is 4.93. The summed E-state index contributed by atoms with van der Waals surface area (Å²) in [5.74, 6) is 0. The summed E-state index contributed by atoms with van der Waals surface area (Å²) in [4.78, 5) is 21.6. The topological polar surface area (TPSA) is 119 Å². The standard InChI is InChI=1S/C14H21N3O4.CH4O/c1-5-10-8-12(16(18)19)13(15-11(6-2)7-3)14(9(10)4)17(20)21;1-2/h8,11,15H,5-7H2,1-4H3;2H,1H3. The summed E-state index contributed by atoms with van der Waals surface area (Å²) in [6.45, 7) is 7.33. The van der Waals surface area contributed by atoms with Crippen LogP contribution >= 0.6 is 0 Å². The number of anilines is 1. The van der Waals surface area contributed by atoms with Crippen LogP contribution in [0.4, 0.5) is 17.1 Å². The van der Waals surface area contributed by atoms with Crippen molar-refractivity contribution in [3.63, 3.8) is 0 Å². The fraction of sp³-hybridized carbons (Fsp3) is 0.600. The van der Waals surface area contributed by atoms with Gasteiger partial charge < -0.3 is 10.4 Å². The average molecular weight is 327 g/mol. The Morgan fingerprint density at radius 1 is 1.13 bits per heavy atom. The molecule has 0 aromatic heterocycles. The number of nitro benzene ring substituents is 2. The van der Waals surface area contributed by atoms with Crippen molar-refractivity contribution in [1.82, 2.24) is 0 Å². The number of nitrogens with one attached hydrogen (secondary N) is 1. The molecule has 23 heavy (non-hydrogen) atoms. The Morgan fingerprint density at radius 2 is 1.65 bits per heavy atom. The van der Waals surface area contributed by atoms with Crippen molar-refractivity contribution in [3.8, 4) is 0 Å². The summed E-state index contributed by atoms with van der Waals surface area (Å²) >= 11 is 0. The van der Waals surface area contributed by atoms with Gasteiger partial charge in [-0.1, -0.05) is 20.8 Å². The fourth-order valence-electron chi connectivity index (χ4n) is 2.39. The van der Waals surface area contributed by atoms with Gasteiger partial charge in [0.15, 0.2) is 5.69 Å². The van der Waals surface area contributed by atoms with Crippen LogP contribution < -0.4 is 5.32 Å². The van der Waals surface area contributed by atoms with Gasteiger partial charge in [0, 0.05) is 24.8 Å². The molecule has 2 N–H and O–H groups in total. The molecule has 0 spiro atoms. The average Bonchev–Trinajstić information content (AvgIpc) is 2.53. The van der Waals surface area contributed by atoms with E-state index in [-0.39, 0.29) is 23.1 Å². The van der Waals surface area contributed by atoms with Crippen LogP contribution in [0.1, 0.15) is 44.7 Å². The highest BCUT2D eigenvalue weighted by molar-refractivity contribution is 5.78. The van der Waals surface area contributed by atoms with Gasteiger partial charge in [-0.05, 0) is 31.7 Å². The lowest BCUT2D eigenvalue weighted by atomic mass is 10.0. The third kappa shape index (κ3) is 4.88. The molecule has 0 heterocycles. The van der Waals surface area contributed by atoms with Crippen molar-refractivity contribution in [3.05, 3.63) is 37.4 Å². The van der Waals surface area contributed by atoms with Crippen LogP contribution in [0.15, 0.2) is 6.07 Å². The Bertz CT molecular complexity index is 557. The van der Waals surface area contributed by atoms with Crippen LogP contribution in [-0.4, -0.2) is 28.1 Å². The third-order valence-corrected chi connectivity index (χ3v) is 3.74. The van der Waals surface area contributed by atoms with Gasteiger partial charge in [-0.2, -0.15) is 0 Å². The van der Waals surface area contributed by atoms with Crippen LogP contribution in [-0.2, 0) is 6.42 Å². The Hall–Kier alpha value is -2.22. The second-order valence-electron chi connectivity index (χ2n) is 4.93. The molecule has 0 aliphatic carbocycles. The van der Waals surface area contributed by atoms with E-state index in [9.17, 15) is 20.2 Å². The Labute approximate surface area is 135 Å². The molecule has 8 heteroatoms. The van der Waals surface area contributed by atoms with Crippen molar-refractivity contribution in [2.75, 3.05) is 12.4 Å². The quantitative estimate of drug-likeness (QED) is 0.583. The molecule has 0 aliphatic heterocycles. The number of aliphatic hydroxyl groups excluding tert-OH is 1. The van der Waals surface area contributed by atoms with Gasteiger partial charge in [0.25, 0.3) is 5.69 Å². The van der Waals surface area contributed by atoms with Gasteiger partial charge >= 0.3 is 5.69 Å². The number of hydrogen-bond donors (Lipinski definition) is 2. The van der Waals surface area contributed by atoms with E-state index >= 15 is 0 Å². The normalized spacial score (nSPS) is 10.0. The van der Waals surface area contributed by atoms with Gasteiger partial charge in [-0.15, -0.1) is 0 Å². The first kappa shape index (κ1) is 20.8. The number of nitro groups is 2. The zero-order valence-electron chi connectivity index (χ0n) is 14.3. The van der Waals surface area contributed by atoms with E-state index in [0.29, 0.717) is 17.5 Å².